The Labute approximate surface area is 74.2 Å². The molecule has 0 spiro atoms. The average molecular weight is 169 g/mol. The van der Waals surface area contributed by atoms with Crippen molar-refractivity contribution in [2.45, 2.75) is 39.5 Å². The third-order valence-electron chi connectivity index (χ3n) is 1.36. The molecule has 1 nitrogen and oxygen atoms in total. The fraction of sp³-hybridized carbons (Fsp3) is 0.667. The molecule has 0 amide bonds. The van der Waals surface area contributed by atoms with Crippen molar-refractivity contribution in [1.29, 1.82) is 0 Å². The van der Waals surface area contributed by atoms with Crippen LogP contribution in [-0.2, 0) is 0 Å². The summed E-state index contributed by atoms with van der Waals surface area (Å²) >= 11 is 4.54. The number of rotatable bonds is 5. The zero-order chi connectivity index (χ0) is 8.53. The topological polar surface area (TPSA) is 12.4 Å². The molecule has 0 bridgehead atoms. The molecule has 0 rings (SSSR count). The lowest BCUT2D eigenvalue weighted by Crippen LogP contribution is -1.77. The van der Waals surface area contributed by atoms with Crippen LogP contribution in [0.2, 0.25) is 0 Å². The van der Waals surface area contributed by atoms with Crippen LogP contribution < -0.4 is 0 Å². The highest BCUT2D eigenvalue weighted by molar-refractivity contribution is 7.78. The number of nitrogens with zero attached hydrogens (tertiary/aromatic N) is 1. The quantitative estimate of drug-likeness (QED) is 0.452. The van der Waals surface area contributed by atoms with Gasteiger partial charge in [-0.15, -0.1) is 0 Å². The van der Waals surface area contributed by atoms with Gasteiger partial charge >= 0.3 is 0 Å². The van der Waals surface area contributed by atoms with E-state index in [4.69, 9.17) is 0 Å². The first-order valence-corrected chi connectivity index (χ1v) is 4.52. The van der Waals surface area contributed by atoms with E-state index in [2.05, 4.69) is 42.3 Å². The van der Waals surface area contributed by atoms with Gasteiger partial charge < -0.3 is 0 Å². The summed E-state index contributed by atoms with van der Waals surface area (Å²) in [5.74, 6) is 0. The van der Waals surface area contributed by atoms with Crippen molar-refractivity contribution in [2.75, 3.05) is 0 Å². The van der Waals surface area contributed by atoms with Gasteiger partial charge in [0.2, 0.25) is 0 Å². The molecule has 0 N–H and O–H groups in total. The lowest BCUT2D eigenvalue weighted by atomic mass is 10.2. The minimum atomic E-state index is 1.02. The molecule has 0 aliphatic rings. The van der Waals surface area contributed by atoms with Crippen LogP contribution in [0.1, 0.15) is 39.5 Å². The number of aliphatic imine (C=N–C) groups is 1. The third kappa shape index (κ3) is 5.96. The largest absolute Gasteiger partial charge is 0.200 e. The summed E-state index contributed by atoms with van der Waals surface area (Å²) in [5.41, 5.74) is 1.09. The minimum Gasteiger partial charge on any atom is -0.200 e. The second-order valence-corrected chi connectivity index (χ2v) is 2.62. The minimum absolute atomic E-state index is 1.02. The van der Waals surface area contributed by atoms with Gasteiger partial charge in [-0.25, -0.2) is 0 Å². The normalized spacial score (nSPS) is 10.9. The lowest BCUT2D eigenvalue weighted by molar-refractivity contribution is 0.867. The van der Waals surface area contributed by atoms with E-state index in [0.29, 0.717) is 0 Å². The molecule has 11 heavy (non-hydrogen) atoms. The van der Waals surface area contributed by atoms with E-state index >= 15 is 0 Å². The van der Waals surface area contributed by atoms with Crippen LogP contribution in [0.5, 0.6) is 0 Å². The molecule has 0 atom stereocenters. The highest BCUT2D eigenvalue weighted by Crippen LogP contribution is 2.07. The fourth-order valence-electron chi connectivity index (χ4n) is 0.829. The molecule has 0 aromatic carbocycles. The number of thiocarbonyl (C=S) groups is 1. The average Bonchev–Trinajstić information content (AvgIpc) is 2.01. The van der Waals surface area contributed by atoms with Crippen molar-refractivity contribution in [2.24, 2.45) is 4.99 Å². The van der Waals surface area contributed by atoms with E-state index in [0.717, 1.165) is 25.0 Å². The summed E-state index contributed by atoms with van der Waals surface area (Å²) in [6.07, 6.45) is 6.54. The predicted molar refractivity (Wildman–Crippen MR) is 52.9 cm³/mol. The van der Waals surface area contributed by atoms with Gasteiger partial charge in [0.15, 0.2) is 0 Å². The first kappa shape index (κ1) is 10.5. The molecule has 0 aliphatic carbocycles. The Morgan fingerprint density at radius 1 is 1.45 bits per heavy atom. The number of hydrogen-bond donors (Lipinski definition) is 0. The SMILES string of the molecule is CCC/C=C(/CCC)N=C=S. The summed E-state index contributed by atoms with van der Waals surface area (Å²) < 4.78 is 0. The van der Waals surface area contributed by atoms with Crippen LogP contribution in [-0.4, -0.2) is 5.16 Å². The third-order valence-corrected chi connectivity index (χ3v) is 1.46. The number of unbranched alkanes of at least 4 members (excludes halogenated alkanes) is 1. The molecule has 0 fully saturated rings. The van der Waals surface area contributed by atoms with Crippen molar-refractivity contribution in [3.8, 4) is 0 Å². The van der Waals surface area contributed by atoms with E-state index in [9.17, 15) is 0 Å². The van der Waals surface area contributed by atoms with E-state index < -0.39 is 0 Å². The summed E-state index contributed by atoms with van der Waals surface area (Å²) in [6, 6.07) is 0. The van der Waals surface area contributed by atoms with E-state index in [1.807, 2.05) is 0 Å². The fourth-order valence-corrected chi connectivity index (χ4v) is 0.947. The van der Waals surface area contributed by atoms with Crippen LogP contribution >= 0.6 is 12.2 Å². The maximum absolute atomic E-state index is 4.54. The van der Waals surface area contributed by atoms with Crippen LogP contribution in [0.3, 0.4) is 0 Å². The van der Waals surface area contributed by atoms with Crippen molar-refractivity contribution >= 4 is 17.4 Å². The first-order chi connectivity index (χ1) is 5.35. The van der Waals surface area contributed by atoms with Gasteiger partial charge in [-0.2, -0.15) is 4.99 Å². The monoisotopic (exact) mass is 169 g/mol. The lowest BCUT2D eigenvalue weighted by Gasteiger charge is -1.95. The smallest absolute Gasteiger partial charge is 0.0637 e. The van der Waals surface area contributed by atoms with Gasteiger partial charge in [0.1, 0.15) is 0 Å². The van der Waals surface area contributed by atoms with Gasteiger partial charge in [0.25, 0.3) is 0 Å². The Balaban J connectivity index is 3.96. The number of allylic oxidation sites excluding steroid dienone is 2. The summed E-state index contributed by atoms with van der Waals surface area (Å²) in [7, 11) is 0. The Kier molecular flexibility index (Phi) is 7.33. The molecule has 0 aromatic heterocycles. The Morgan fingerprint density at radius 3 is 2.64 bits per heavy atom. The van der Waals surface area contributed by atoms with Crippen LogP contribution in [0, 0.1) is 0 Å². The number of hydrogen-bond acceptors (Lipinski definition) is 2. The van der Waals surface area contributed by atoms with E-state index in [-0.39, 0.29) is 0 Å². The van der Waals surface area contributed by atoms with Gasteiger partial charge in [-0.05, 0) is 25.1 Å². The van der Waals surface area contributed by atoms with Crippen molar-refractivity contribution in [3.05, 3.63) is 11.8 Å². The molecule has 0 aromatic rings. The molecule has 0 saturated carbocycles. The Hall–Kier alpha value is -0.460. The van der Waals surface area contributed by atoms with E-state index in [1.165, 1.54) is 6.42 Å². The Morgan fingerprint density at radius 2 is 2.18 bits per heavy atom. The summed E-state index contributed by atoms with van der Waals surface area (Å²) in [5, 5.41) is 2.40. The molecule has 62 valence electrons. The summed E-state index contributed by atoms with van der Waals surface area (Å²) in [6.45, 7) is 4.29. The zero-order valence-electron chi connectivity index (χ0n) is 7.26. The molecule has 0 saturated heterocycles. The van der Waals surface area contributed by atoms with Crippen LogP contribution in [0.4, 0.5) is 0 Å². The van der Waals surface area contributed by atoms with Crippen molar-refractivity contribution in [1.82, 2.24) is 0 Å². The zero-order valence-corrected chi connectivity index (χ0v) is 8.08. The second-order valence-electron chi connectivity index (χ2n) is 2.44. The highest BCUT2D eigenvalue weighted by Gasteiger charge is 1.89. The van der Waals surface area contributed by atoms with Crippen LogP contribution in [0.15, 0.2) is 16.8 Å². The van der Waals surface area contributed by atoms with Crippen molar-refractivity contribution in [3.63, 3.8) is 0 Å². The maximum atomic E-state index is 4.54. The van der Waals surface area contributed by atoms with E-state index in [1.54, 1.807) is 0 Å². The predicted octanol–water partition coefficient (Wildman–Crippen LogP) is 3.57. The van der Waals surface area contributed by atoms with Gasteiger partial charge in [-0.1, -0.05) is 32.8 Å². The second kappa shape index (κ2) is 7.64. The Bertz CT molecular complexity index is 166. The standard InChI is InChI=1S/C9H15NS/c1-3-5-7-9(6-4-2)10-8-11/h7H,3-6H2,1-2H3/b9-7-. The molecular formula is C9H15NS. The van der Waals surface area contributed by atoms with Crippen molar-refractivity contribution < 1.29 is 0 Å². The van der Waals surface area contributed by atoms with Gasteiger partial charge in [0.05, 0.1) is 5.16 Å². The molecular weight excluding hydrogens is 154 g/mol. The van der Waals surface area contributed by atoms with Gasteiger partial charge in [-0.3, -0.25) is 0 Å². The molecule has 0 aliphatic heterocycles. The number of isothiocyanates is 1. The highest BCUT2D eigenvalue weighted by atomic mass is 32.1. The molecule has 0 heterocycles. The molecule has 2 heteroatoms. The van der Waals surface area contributed by atoms with Crippen LogP contribution in [0.25, 0.3) is 0 Å². The molecule has 0 radical (unpaired) electrons. The summed E-state index contributed by atoms with van der Waals surface area (Å²) in [4.78, 5) is 3.98. The maximum Gasteiger partial charge on any atom is 0.0637 e. The van der Waals surface area contributed by atoms with Gasteiger partial charge in [0, 0.05) is 5.70 Å². The first-order valence-electron chi connectivity index (χ1n) is 4.12. The molecule has 0 unspecified atom stereocenters.